The summed E-state index contributed by atoms with van der Waals surface area (Å²) in [6.07, 6.45) is 0.590. The molecule has 0 unspecified atom stereocenters. The van der Waals surface area contributed by atoms with Crippen molar-refractivity contribution < 1.29 is 9.90 Å². The van der Waals surface area contributed by atoms with Gasteiger partial charge in [0, 0.05) is 24.8 Å². The topological polar surface area (TPSA) is 86.3 Å². The van der Waals surface area contributed by atoms with Crippen LogP contribution in [0.3, 0.4) is 0 Å². The number of aliphatic carboxylic acids is 1. The van der Waals surface area contributed by atoms with Gasteiger partial charge in [-0.3, -0.25) is 14.6 Å². The molecule has 2 heterocycles. The number of aromatic amines is 1. The number of anilines is 1. The molecule has 0 radical (unpaired) electrons. The zero-order chi connectivity index (χ0) is 11.7. The van der Waals surface area contributed by atoms with Gasteiger partial charge in [0.25, 0.3) is 5.56 Å². The lowest BCUT2D eigenvalue weighted by atomic mass is 10.1. The number of nitrogens with zero attached hydrogens (tertiary/aromatic N) is 2. The lowest BCUT2D eigenvalue weighted by Gasteiger charge is -2.16. The molecule has 16 heavy (non-hydrogen) atoms. The molecular formula is C10H13N3O3. The molecule has 1 saturated heterocycles. The number of aromatic nitrogens is 2. The van der Waals surface area contributed by atoms with E-state index in [1.165, 1.54) is 6.07 Å². The van der Waals surface area contributed by atoms with Crippen molar-refractivity contribution in [1.82, 2.24) is 9.97 Å². The highest BCUT2D eigenvalue weighted by molar-refractivity contribution is 5.71. The van der Waals surface area contributed by atoms with E-state index in [4.69, 9.17) is 5.11 Å². The zero-order valence-corrected chi connectivity index (χ0v) is 8.93. The first-order valence-electron chi connectivity index (χ1n) is 5.12. The predicted molar refractivity (Wildman–Crippen MR) is 57.6 cm³/mol. The van der Waals surface area contributed by atoms with E-state index in [0.29, 0.717) is 31.2 Å². The third kappa shape index (κ3) is 2.05. The van der Waals surface area contributed by atoms with Crippen LogP contribution in [0, 0.1) is 12.8 Å². The summed E-state index contributed by atoms with van der Waals surface area (Å²) in [6.45, 7) is 2.76. The van der Waals surface area contributed by atoms with Crippen LogP contribution < -0.4 is 10.5 Å². The molecule has 6 nitrogen and oxygen atoms in total. The van der Waals surface area contributed by atoms with Crippen molar-refractivity contribution in [3.8, 4) is 0 Å². The van der Waals surface area contributed by atoms with E-state index < -0.39 is 5.97 Å². The maximum absolute atomic E-state index is 11.2. The van der Waals surface area contributed by atoms with Gasteiger partial charge in [-0.25, -0.2) is 4.98 Å². The van der Waals surface area contributed by atoms with Crippen LogP contribution in [-0.4, -0.2) is 34.1 Å². The van der Waals surface area contributed by atoms with Crippen molar-refractivity contribution in [3.05, 3.63) is 22.1 Å². The molecule has 2 rings (SSSR count). The van der Waals surface area contributed by atoms with Crippen LogP contribution in [0.5, 0.6) is 0 Å². The van der Waals surface area contributed by atoms with Gasteiger partial charge in [0.05, 0.1) is 5.92 Å². The molecule has 0 saturated carbocycles. The Morgan fingerprint density at radius 1 is 1.69 bits per heavy atom. The van der Waals surface area contributed by atoms with Gasteiger partial charge in [-0.2, -0.15) is 0 Å². The summed E-state index contributed by atoms with van der Waals surface area (Å²) < 4.78 is 0. The maximum atomic E-state index is 11.2. The van der Waals surface area contributed by atoms with E-state index in [1.54, 1.807) is 11.8 Å². The van der Waals surface area contributed by atoms with Crippen molar-refractivity contribution in [3.63, 3.8) is 0 Å². The highest BCUT2D eigenvalue weighted by atomic mass is 16.4. The molecule has 1 fully saturated rings. The van der Waals surface area contributed by atoms with E-state index >= 15 is 0 Å². The lowest BCUT2D eigenvalue weighted by molar-refractivity contribution is -0.140. The number of H-pyrrole nitrogens is 1. The lowest BCUT2D eigenvalue weighted by Crippen LogP contribution is -2.26. The van der Waals surface area contributed by atoms with Crippen molar-refractivity contribution in [2.24, 2.45) is 5.92 Å². The van der Waals surface area contributed by atoms with Gasteiger partial charge in [0.1, 0.15) is 0 Å². The fourth-order valence-electron chi connectivity index (χ4n) is 1.87. The molecule has 86 valence electrons. The molecule has 6 heteroatoms. The Balaban J connectivity index is 2.20. The van der Waals surface area contributed by atoms with E-state index in [1.807, 2.05) is 0 Å². The zero-order valence-electron chi connectivity index (χ0n) is 8.93. The maximum Gasteiger partial charge on any atom is 0.308 e. The van der Waals surface area contributed by atoms with Crippen molar-refractivity contribution in [2.45, 2.75) is 13.3 Å². The van der Waals surface area contributed by atoms with Crippen LogP contribution in [0.4, 0.5) is 5.95 Å². The van der Waals surface area contributed by atoms with E-state index in [9.17, 15) is 9.59 Å². The molecular weight excluding hydrogens is 210 g/mol. The fourth-order valence-corrected chi connectivity index (χ4v) is 1.87. The molecule has 1 aromatic rings. The van der Waals surface area contributed by atoms with Crippen LogP contribution >= 0.6 is 0 Å². The Morgan fingerprint density at radius 3 is 3.00 bits per heavy atom. The van der Waals surface area contributed by atoms with E-state index in [0.717, 1.165) is 0 Å². The summed E-state index contributed by atoms with van der Waals surface area (Å²) in [6, 6.07) is 1.41. The Morgan fingerprint density at radius 2 is 2.44 bits per heavy atom. The first-order valence-corrected chi connectivity index (χ1v) is 5.12. The van der Waals surface area contributed by atoms with E-state index in [2.05, 4.69) is 9.97 Å². The van der Waals surface area contributed by atoms with Crippen LogP contribution in [-0.2, 0) is 4.79 Å². The second-order valence-electron chi connectivity index (χ2n) is 3.98. The van der Waals surface area contributed by atoms with Gasteiger partial charge in [-0.15, -0.1) is 0 Å². The van der Waals surface area contributed by atoms with Crippen LogP contribution in [0.1, 0.15) is 12.1 Å². The quantitative estimate of drug-likeness (QED) is 0.736. The summed E-state index contributed by atoms with van der Waals surface area (Å²) in [5.41, 5.74) is 0.429. The van der Waals surface area contributed by atoms with Gasteiger partial charge in [-0.1, -0.05) is 0 Å². The summed E-state index contributed by atoms with van der Waals surface area (Å²) in [4.78, 5) is 30.6. The second kappa shape index (κ2) is 3.96. The van der Waals surface area contributed by atoms with E-state index in [-0.39, 0.29) is 11.5 Å². The number of carbonyl (C=O) groups is 1. The fraction of sp³-hybridized carbons (Fsp3) is 0.500. The largest absolute Gasteiger partial charge is 0.481 e. The molecule has 0 aliphatic carbocycles. The predicted octanol–water partition coefficient (Wildman–Crippen LogP) is -0.0108. The van der Waals surface area contributed by atoms with Gasteiger partial charge < -0.3 is 10.0 Å². The van der Waals surface area contributed by atoms with Gasteiger partial charge in [0.15, 0.2) is 0 Å². The average molecular weight is 223 g/mol. The standard InChI is InChI=1S/C10H13N3O3/c1-6-4-8(14)12-10(11-6)13-3-2-7(5-13)9(15)16/h4,7H,2-3,5H2,1H3,(H,15,16)(H,11,12,14)/t7-/m1/s1. The molecule has 2 N–H and O–H groups in total. The number of hydrogen-bond donors (Lipinski definition) is 2. The minimum Gasteiger partial charge on any atom is -0.481 e. The molecule has 0 amide bonds. The number of rotatable bonds is 2. The van der Waals surface area contributed by atoms with Gasteiger partial charge in [-0.05, 0) is 13.3 Å². The van der Waals surface area contributed by atoms with Gasteiger partial charge in [0.2, 0.25) is 5.95 Å². The van der Waals surface area contributed by atoms with Gasteiger partial charge >= 0.3 is 5.97 Å². The number of hydrogen-bond acceptors (Lipinski definition) is 4. The monoisotopic (exact) mass is 223 g/mol. The molecule has 0 spiro atoms. The summed E-state index contributed by atoms with van der Waals surface area (Å²) in [5, 5.41) is 8.87. The summed E-state index contributed by atoms with van der Waals surface area (Å²) >= 11 is 0. The third-order valence-electron chi connectivity index (χ3n) is 2.69. The SMILES string of the molecule is Cc1cc(=O)[nH]c(N2CC[C@@H](C(=O)O)C2)n1. The highest BCUT2D eigenvalue weighted by Gasteiger charge is 2.29. The first-order chi connectivity index (χ1) is 7.56. The molecule has 1 aliphatic rings. The van der Waals surface area contributed by atoms with Crippen molar-refractivity contribution >= 4 is 11.9 Å². The van der Waals surface area contributed by atoms with Crippen molar-refractivity contribution in [2.75, 3.05) is 18.0 Å². The molecule has 1 atom stereocenters. The third-order valence-corrected chi connectivity index (χ3v) is 2.69. The van der Waals surface area contributed by atoms with Crippen LogP contribution in [0.2, 0.25) is 0 Å². The normalized spacial score (nSPS) is 20.1. The molecule has 1 aromatic heterocycles. The average Bonchev–Trinajstić information content (AvgIpc) is 2.64. The highest BCUT2D eigenvalue weighted by Crippen LogP contribution is 2.19. The Hall–Kier alpha value is -1.85. The molecule has 1 aliphatic heterocycles. The number of carboxylic acid groups (broad SMARTS) is 1. The minimum atomic E-state index is -0.794. The Labute approximate surface area is 91.9 Å². The minimum absolute atomic E-state index is 0.207. The summed E-state index contributed by atoms with van der Waals surface area (Å²) in [5.74, 6) is -0.697. The smallest absolute Gasteiger partial charge is 0.308 e. The summed E-state index contributed by atoms with van der Waals surface area (Å²) in [7, 11) is 0. The van der Waals surface area contributed by atoms with Crippen molar-refractivity contribution in [1.29, 1.82) is 0 Å². The number of aryl methyl sites for hydroxylation is 1. The van der Waals surface area contributed by atoms with Crippen LogP contribution in [0.15, 0.2) is 10.9 Å². The Kier molecular flexibility index (Phi) is 2.64. The number of carboxylic acids is 1. The molecule has 0 aromatic carbocycles. The molecule has 0 bridgehead atoms. The van der Waals surface area contributed by atoms with Crippen LogP contribution in [0.25, 0.3) is 0 Å². The second-order valence-corrected chi connectivity index (χ2v) is 3.98. The number of nitrogens with one attached hydrogen (secondary N) is 1. The first kappa shape index (κ1) is 10.7. The Bertz CT molecular complexity index is 469.